The maximum atomic E-state index is 11.8. The fourth-order valence-corrected chi connectivity index (χ4v) is 2.42. The molecule has 1 aliphatic carbocycles. The number of unbranched alkanes of at least 4 members (excludes halogenated alkanes) is 2. The average molecular weight is 237 g/mol. The minimum absolute atomic E-state index is 0.113. The predicted octanol–water partition coefficient (Wildman–Crippen LogP) is 1.94. The summed E-state index contributed by atoms with van der Waals surface area (Å²) in [5, 5.41) is 10.2. The first-order valence-electron chi connectivity index (χ1n) is 6.47. The molecule has 0 heterocycles. The topological polar surface area (TPSA) is 40.5 Å². The highest BCUT2D eigenvalue weighted by atomic mass is 16.3. The van der Waals surface area contributed by atoms with Crippen molar-refractivity contribution in [2.45, 2.75) is 57.0 Å². The number of amides is 1. The van der Waals surface area contributed by atoms with E-state index in [-0.39, 0.29) is 5.91 Å². The van der Waals surface area contributed by atoms with Gasteiger partial charge in [-0.1, -0.05) is 12.8 Å². The molecular formula is C14H23NO2. The van der Waals surface area contributed by atoms with Crippen molar-refractivity contribution in [2.24, 2.45) is 0 Å². The molecule has 0 aromatic rings. The van der Waals surface area contributed by atoms with Crippen LogP contribution in [0.4, 0.5) is 0 Å². The summed E-state index contributed by atoms with van der Waals surface area (Å²) < 4.78 is 0. The predicted molar refractivity (Wildman–Crippen MR) is 68.4 cm³/mol. The van der Waals surface area contributed by atoms with Crippen molar-refractivity contribution in [3.63, 3.8) is 0 Å². The molecule has 1 aliphatic rings. The van der Waals surface area contributed by atoms with Gasteiger partial charge in [0.2, 0.25) is 5.91 Å². The molecule has 0 aliphatic heterocycles. The quantitative estimate of drug-likeness (QED) is 0.566. The van der Waals surface area contributed by atoms with Crippen LogP contribution in [0.2, 0.25) is 0 Å². The Morgan fingerprint density at radius 1 is 1.41 bits per heavy atom. The van der Waals surface area contributed by atoms with Crippen LogP contribution >= 0.6 is 0 Å². The maximum absolute atomic E-state index is 11.8. The van der Waals surface area contributed by atoms with Crippen LogP contribution in [0.5, 0.6) is 0 Å². The Labute approximate surface area is 104 Å². The number of terminal acetylenes is 1. The third-order valence-corrected chi connectivity index (χ3v) is 3.45. The second-order valence-corrected chi connectivity index (χ2v) is 5.09. The molecule has 0 spiro atoms. The molecule has 3 heteroatoms. The number of carbonyl (C=O) groups excluding carboxylic acids is 1. The van der Waals surface area contributed by atoms with Crippen molar-refractivity contribution in [1.29, 1.82) is 0 Å². The van der Waals surface area contributed by atoms with Gasteiger partial charge >= 0.3 is 0 Å². The van der Waals surface area contributed by atoms with Gasteiger partial charge in [-0.2, -0.15) is 0 Å². The Balaban J connectivity index is 2.24. The van der Waals surface area contributed by atoms with Gasteiger partial charge in [-0.15, -0.1) is 12.3 Å². The number of aliphatic hydroxyl groups is 1. The molecule has 17 heavy (non-hydrogen) atoms. The van der Waals surface area contributed by atoms with Crippen molar-refractivity contribution in [2.75, 3.05) is 13.6 Å². The van der Waals surface area contributed by atoms with Gasteiger partial charge < -0.3 is 10.0 Å². The molecule has 1 N–H and O–H groups in total. The van der Waals surface area contributed by atoms with E-state index in [1.807, 2.05) is 0 Å². The largest absolute Gasteiger partial charge is 0.388 e. The lowest BCUT2D eigenvalue weighted by Crippen LogP contribution is -2.41. The molecule has 0 bridgehead atoms. The number of nitrogens with zero attached hydrogens (tertiary/aromatic N) is 1. The van der Waals surface area contributed by atoms with Crippen LogP contribution in [0.25, 0.3) is 0 Å². The van der Waals surface area contributed by atoms with Gasteiger partial charge in [0.15, 0.2) is 0 Å². The van der Waals surface area contributed by atoms with Crippen molar-refractivity contribution in [1.82, 2.24) is 4.90 Å². The molecule has 0 unspecified atom stereocenters. The Kier molecular flexibility index (Phi) is 5.50. The molecule has 3 nitrogen and oxygen atoms in total. The minimum atomic E-state index is -0.636. The van der Waals surface area contributed by atoms with E-state index in [1.54, 1.807) is 11.9 Å². The standard InChI is InChI=1S/C14H23NO2/c1-3-4-5-6-9-13(16)15(2)12-14(17)10-7-8-11-14/h1,17H,4-12H2,2H3. The molecule has 96 valence electrons. The van der Waals surface area contributed by atoms with Crippen LogP contribution in [0.15, 0.2) is 0 Å². The molecule has 1 amide bonds. The van der Waals surface area contributed by atoms with Gasteiger partial charge in [-0.05, 0) is 25.7 Å². The summed E-state index contributed by atoms with van der Waals surface area (Å²) in [6.45, 7) is 0.473. The first kappa shape index (κ1) is 14.1. The molecule has 0 saturated heterocycles. The number of carbonyl (C=O) groups is 1. The Morgan fingerprint density at radius 2 is 2.06 bits per heavy atom. The lowest BCUT2D eigenvalue weighted by atomic mass is 10.0. The lowest BCUT2D eigenvalue weighted by Gasteiger charge is -2.28. The SMILES string of the molecule is C#CCCCCC(=O)N(C)CC1(O)CCCC1. The summed E-state index contributed by atoms with van der Waals surface area (Å²) >= 11 is 0. The fraction of sp³-hybridized carbons (Fsp3) is 0.786. The normalized spacial score (nSPS) is 17.7. The van der Waals surface area contributed by atoms with E-state index >= 15 is 0 Å². The fourth-order valence-electron chi connectivity index (χ4n) is 2.42. The molecule has 1 saturated carbocycles. The summed E-state index contributed by atoms with van der Waals surface area (Å²) in [5.74, 6) is 2.68. The first-order chi connectivity index (χ1) is 8.07. The van der Waals surface area contributed by atoms with Crippen LogP contribution < -0.4 is 0 Å². The number of likely N-dealkylation sites (N-methyl/N-ethyl adjacent to an activating group) is 1. The summed E-state index contributed by atoms with van der Waals surface area (Å²) in [7, 11) is 1.78. The smallest absolute Gasteiger partial charge is 0.222 e. The summed E-state index contributed by atoms with van der Waals surface area (Å²) in [6, 6.07) is 0. The van der Waals surface area contributed by atoms with Gasteiger partial charge in [0.1, 0.15) is 0 Å². The number of rotatable bonds is 6. The van der Waals surface area contributed by atoms with Gasteiger partial charge in [-0.25, -0.2) is 0 Å². The van der Waals surface area contributed by atoms with E-state index in [1.165, 1.54) is 0 Å². The Morgan fingerprint density at radius 3 is 2.65 bits per heavy atom. The third-order valence-electron chi connectivity index (χ3n) is 3.45. The Bertz CT molecular complexity index is 287. The van der Waals surface area contributed by atoms with Crippen LogP contribution in [-0.2, 0) is 4.79 Å². The van der Waals surface area contributed by atoms with Crippen LogP contribution in [0.1, 0.15) is 51.4 Å². The van der Waals surface area contributed by atoms with Gasteiger partial charge in [0.25, 0.3) is 0 Å². The van der Waals surface area contributed by atoms with E-state index in [2.05, 4.69) is 5.92 Å². The van der Waals surface area contributed by atoms with E-state index in [0.717, 1.165) is 44.9 Å². The molecule has 0 aromatic heterocycles. The Hall–Kier alpha value is -1.01. The van der Waals surface area contributed by atoms with Gasteiger partial charge in [0, 0.05) is 26.4 Å². The highest BCUT2D eigenvalue weighted by molar-refractivity contribution is 5.75. The van der Waals surface area contributed by atoms with Crippen molar-refractivity contribution >= 4 is 5.91 Å². The van der Waals surface area contributed by atoms with Gasteiger partial charge in [-0.3, -0.25) is 4.79 Å². The van der Waals surface area contributed by atoms with E-state index < -0.39 is 5.60 Å². The van der Waals surface area contributed by atoms with E-state index in [9.17, 15) is 9.90 Å². The molecule has 0 aromatic carbocycles. The summed E-state index contributed by atoms with van der Waals surface area (Å²) in [4.78, 5) is 13.5. The minimum Gasteiger partial charge on any atom is -0.388 e. The van der Waals surface area contributed by atoms with Crippen molar-refractivity contribution in [3.05, 3.63) is 0 Å². The average Bonchev–Trinajstić information content (AvgIpc) is 2.70. The lowest BCUT2D eigenvalue weighted by molar-refractivity contribution is -0.133. The zero-order valence-electron chi connectivity index (χ0n) is 10.7. The first-order valence-corrected chi connectivity index (χ1v) is 6.47. The van der Waals surface area contributed by atoms with E-state index in [0.29, 0.717) is 13.0 Å². The summed E-state index contributed by atoms with van der Waals surface area (Å²) in [5.41, 5.74) is -0.636. The molecule has 1 fully saturated rings. The zero-order valence-corrected chi connectivity index (χ0v) is 10.7. The monoisotopic (exact) mass is 237 g/mol. The van der Waals surface area contributed by atoms with Crippen molar-refractivity contribution in [3.8, 4) is 12.3 Å². The second-order valence-electron chi connectivity index (χ2n) is 5.09. The third kappa shape index (κ3) is 4.79. The second kappa shape index (κ2) is 6.66. The van der Waals surface area contributed by atoms with Gasteiger partial charge in [0.05, 0.1) is 5.60 Å². The highest BCUT2D eigenvalue weighted by Crippen LogP contribution is 2.30. The van der Waals surface area contributed by atoms with Crippen LogP contribution in [-0.4, -0.2) is 35.1 Å². The van der Waals surface area contributed by atoms with Crippen molar-refractivity contribution < 1.29 is 9.90 Å². The molecule has 1 rings (SSSR count). The molecule has 0 radical (unpaired) electrons. The summed E-state index contributed by atoms with van der Waals surface area (Å²) in [6.07, 6.45) is 12.0. The van der Waals surface area contributed by atoms with Crippen LogP contribution in [0.3, 0.4) is 0 Å². The zero-order chi connectivity index (χ0) is 12.7. The highest BCUT2D eigenvalue weighted by Gasteiger charge is 2.33. The molecular weight excluding hydrogens is 214 g/mol. The van der Waals surface area contributed by atoms with E-state index in [4.69, 9.17) is 6.42 Å². The number of hydrogen-bond acceptors (Lipinski definition) is 2. The molecule has 0 atom stereocenters. The number of hydrogen-bond donors (Lipinski definition) is 1. The van der Waals surface area contributed by atoms with Crippen LogP contribution in [0, 0.1) is 12.3 Å². The maximum Gasteiger partial charge on any atom is 0.222 e.